The number of phenols is 1. The minimum Gasteiger partial charge on any atom is -0.508 e. The Morgan fingerprint density at radius 2 is 1.83 bits per heavy atom. The van der Waals surface area contributed by atoms with Crippen molar-refractivity contribution in [1.82, 2.24) is 0 Å². The molecule has 0 saturated carbocycles. The smallest absolute Gasteiger partial charge is 0.116 e. The highest BCUT2D eigenvalue weighted by Gasteiger charge is 2.20. The number of aromatic hydroxyl groups is 1. The molecule has 2 aromatic carbocycles. The first-order valence-corrected chi connectivity index (χ1v) is 6.97. The van der Waals surface area contributed by atoms with Gasteiger partial charge >= 0.3 is 0 Å². The van der Waals surface area contributed by atoms with Crippen LogP contribution >= 0.6 is 9.24 Å². The molecular formula is C16H21OP. The predicted octanol–water partition coefficient (Wildman–Crippen LogP) is 3.91. The van der Waals surface area contributed by atoms with Crippen molar-refractivity contribution in [3.8, 4) is 5.75 Å². The lowest BCUT2D eigenvalue weighted by atomic mass is 9.81. The van der Waals surface area contributed by atoms with Crippen molar-refractivity contribution in [3.05, 3.63) is 35.4 Å². The molecule has 96 valence electrons. The van der Waals surface area contributed by atoms with Crippen LogP contribution in [0, 0.1) is 0 Å². The van der Waals surface area contributed by atoms with Crippen LogP contribution in [0.3, 0.4) is 0 Å². The van der Waals surface area contributed by atoms with Gasteiger partial charge in [0, 0.05) is 0 Å². The zero-order chi connectivity index (χ0) is 13.5. The lowest BCUT2D eigenvalue weighted by Crippen LogP contribution is -2.14. The van der Waals surface area contributed by atoms with E-state index < -0.39 is 0 Å². The summed E-state index contributed by atoms with van der Waals surface area (Å²) >= 11 is 0. The van der Waals surface area contributed by atoms with E-state index in [4.69, 9.17) is 0 Å². The summed E-state index contributed by atoms with van der Waals surface area (Å²) in [5.74, 6) is 0.353. The molecule has 0 aliphatic carbocycles. The number of rotatable bonds is 1. The topological polar surface area (TPSA) is 20.2 Å². The maximum Gasteiger partial charge on any atom is 0.116 e. The van der Waals surface area contributed by atoms with E-state index in [0.717, 1.165) is 11.8 Å². The normalized spacial score (nSPS) is 12.1. The van der Waals surface area contributed by atoms with Gasteiger partial charge in [-0.25, -0.2) is 0 Å². The molecule has 0 saturated heterocycles. The van der Waals surface area contributed by atoms with Gasteiger partial charge in [-0.2, -0.15) is 0 Å². The highest BCUT2D eigenvalue weighted by molar-refractivity contribution is 7.27. The van der Waals surface area contributed by atoms with Crippen LogP contribution in [0.1, 0.15) is 38.8 Å². The number of hydrogen-bond donors (Lipinski definition) is 1. The molecule has 0 aromatic heterocycles. The number of aryl methyl sites for hydroxylation is 1. The van der Waals surface area contributed by atoms with E-state index in [2.05, 4.69) is 49.1 Å². The van der Waals surface area contributed by atoms with E-state index in [-0.39, 0.29) is 5.41 Å². The summed E-state index contributed by atoms with van der Waals surface area (Å²) < 4.78 is 0. The SMILES string of the molecule is CCc1c(P)ccc2cc(O)cc(C(C)(C)C)c12. The van der Waals surface area contributed by atoms with Crippen LogP contribution in [0.5, 0.6) is 5.75 Å². The summed E-state index contributed by atoms with van der Waals surface area (Å²) in [6.45, 7) is 8.75. The predicted molar refractivity (Wildman–Crippen MR) is 83.0 cm³/mol. The summed E-state index contributed by atoms with van der Waals surface area (Å²) in [5, 5.41) is 13.6. The summed E-state index contributed by atoms with van der Waals surface area (Å²) in [6, 6.07) is 7.96. The fraction of sp³-hybridized carbons (Fsp3) is 0.375. The van der Waals surface area contributed by atoms with Gasteiger partial charge in [0.2, 0.25) is 0 Å². The molecule has 18 heavy (non-hydrogen) atoms. The average molecular weight is 260 g/mol. The molecule has 0 radical (unpaired) electrons. The lowest BCUT2D eigenvalue weighted by molar-refractivity contribution is 0.472. The van der Waals surface area contributed by atoms with Crippen molar-refractivity contribution < 1.29 is 5.11 Å². The summed E-state index contributed by atoms with van der Waals surface area (Å²) in [7, 11) is 2.82. The minimum absolute atomic E-state index is 0.0272. The van der Waals surface area contributed by atoms with E-state index >= 15 is 0 Å². The molecule has 0 aliphatic heterocycles. The second-order valence-electron chi connectivity index (χ2n) is 5.83. The largest absolute Gasteiger partial charge is 0.508 e. The monoisotopic (exact) mass is 260 g/mol. The van der Waals surface area contributed by atoms with Gasteiger partial charge in [-0.3, -0.25) is 0 Å². The van der Waals surface area contributed by atoms with Gasteiger partial charge in [-0.15, -0.1) is 9.24 Å². The molecule has 0 aliphatic rings. The van der Waals surface area contributed by atoms with Crippen molar-refractivity contribution in [2.24, 2.45) is 0 Å². The summed E-state index contributed by atoms with van der Waals surface area (Å²) in [6.07, 6.45) is 1.00. The number of benzene rings is 2. The van der Waals surface area contributed by atoms with E-state index in [1.807, 2.05) is 12.1 Å². The van der Waals surface area contributed by atoms with Gasteiger partial charge in [0.1, 0.15) is 5.75 Å². The van der Waals surface area contributed by atoms with Gasteiger partial charge in [0.05, 0.1) is 0 Å². The average Bonchev–Trinajstić information content (AvgIpc) is 2.27. The fourth-order valence-electron chi connectivity index (χ4n) is 2.51. The molecule has 1 N–H and O–H groups in total. The Labute approximate surface area is 111 Å². The van der Waals surface area contributed by atoms with Crippen LogP contribution in [0.25, 0.3) is 10.8 Å². The molecule has 0 bridgehead atoms. The zero-order valence-electron chi connectivity index (χ0n) is 11.5. The Kier molecular flexibility index (Phi) is 3.38. The number of fused-ring (bicyclic) bond motifs is 1. The van der Waals surface area contributed by atoms with Crippen LogP contribution < -0.4 is 5.30 Å². The maximum absolute atomic E-state index is 9.90. The Hall–Kier alpha value is -1.07. The highest BCUT2D eigenvalue weighted by Crippen LogP contribution is 2.35. The van der Waals surface area contributed by atoms with Crippen LogP contribution in [-0.2, 0) is 11.8 Å². The van der Waals surface area contributed by atoms with Crippen molar-refractivity contribution in [3.63, 3.8) is 0 Å². The van der Waals surface area contributed by atoms with E-state index in [1.165, 1.54) is 21.8 Å². The quantitative estimate of drug-likeness (QED) is 0.771. The number of hydrogen-bond acceptors (Lipinski definition) is 1. The van der Waals surface area contributed by atoms with Gasteiger partial charge in [-0.05, 0) is 51.2 Å². The van der Waals surface area contributed by atoms with E-state index in [0.29, 0.717) is 5.75 Å². The third-order valence-corrected chi connectivity index (χ3v) is 3.95. The second-order valence-corrected chi connectivity index (χ2v) is 6.45. The fourth-order valence-corrected chi connectivity index (χ4v) is 2.96. The Morgan fingerprint density at radius 3 is 2.39 bits per heavy atom. The second kappa shape index (κ2) is 4.55. The number of phenolic OH excluding ortho intramolecular Hbond substituents is 1. The first-order chi connectivity index (χ1) is 8.34. The Balaban J connectivity index is 2.95. The molecular weight excluding hydrogens is 239 g/mol. The molecule has 1 atom stereocenters. The molecule has 2 rings (SSSR count). The van der Waals surface area contributed by atoms with Crippen LogP contribution in [-0.4, -0.2) is 5.11 Å². The van der Waals surface area contributed by atoms with Gasteiger partial charge in [-0.1, -0.05) is 39.8 Å². The Morgan fingerprint density at radius 1 is 1.17 bits per heavy atom. The first-order valence-electron chi connectivity index (χ1n) is 6.39. The van der Waals surface area contributed by atoms with Crippen molar-refractivity contribution >= 4 is 25.3 Å². The molecule has 2 aromatic rings. The molecule has 1 unspecified atom stereocenters. The molecule has 0 spiro atoms. The summed E-state index contributed by atoms with van der Waals surface area (Å²) in [5.41, 5.74) is 2.61. The Bertz CT molecular complexity index is 594. The molecule has 0 fully saturated rings. The van der Waals surface area contributed by atoms with Crippen molar-refractivity contribution in [1.29, 1.82) is 0 Å². The third kappa shape index (κ3) is 2.24. The molecule has 1 nitrogen and oxygen atoms in total. The highest BCUT2D eigenvalue weighted by atomic mass is 31.0. The zero-order valence-corrected chi connectivity index (χ0v) is 12.7. The van der Waals surface area contributed by atoms with Crippen LogP contribution in [0.2, 0.25) is 0 Å². The lowest BCUT2D eigenvalue weighted by Gasteiger charge is -2.24. The van der Waals surface area contributed by atoms with Crippen LogP contribution in [0.4, 0.5) is 0 Å². The molecule has 2 heteroatoms. The molecule has 0 heterocycles. The van der Waals surface area contributed by atoms with Gasteiger partial charge in [0.25, 0.3) is 0 Å². The third-order valence-electron chi connectivity index (χ3n) is 3.41. The van der Waals surface area contributed by atoms with E-state index in [1.54, 1.807) is 0 Å². The van der Waals surface area contributed by atoms with E-state index in [9.17, 15) is 5.11 Å². The van der Waals surface area contributed by atoms with Crippen molar-refractivity contribution in [2.45, 2.75) is 39.5 Å². The minimum atomic E-state index is 0.0272. The standard InChI is InChI=1S/C16H21OP/c1-5-12-14(18)7-6-10-8-11(17)9-13(15(10)12)16(2,3)4/h6-9,17H,5,18H2,1-4H3. The maximum atomic E-state index is 9.90. The van der Waals surface area contributed by atoms with Gasteiger partial charge < -0.3 is 5.11 Å². The van der Waals surface area contributed by atoms with Crippen molar-refractivity contribution in [2.75, 3.05) is 0 Å². The first kappa shape index (κ1) is 13.4. The molecule has 0 amide bonds. The van der Waals surface area contributed by atoms with Gasteiger partial charge in [0.15, 0.2) is 0 Å². The summed E-state index contributed by atoms with van der Waals surface area (Å²) in [4.78, 5) is 0. The van der Waals surface area contributed by atoms with Crippen LogP contribution in [0.15, 0.2) is 24.3 Å².